The minimum Gasteiger partial charge on any atom is -0.383 e. The minimum atomic E-state index is -0.340. The fourth-order valence-corrected chi connectivity index (χ4v) is 5.32. The molecule has 0 amide bonds. The largest absolute Gasteiger partial charge is 0.383 e. The smallest absolute Gasteiger partial charge is 0.332 e. The van der Waals surface area contributed by atoms with Crippen molar-refractivity contribution in [2.75, 3.05) is 13.7 Å². The van der Waals surface area contributed by atoms with E-state index in [2.05, 4.69) is 51.8 Å². The van der Waals surface area contributed by atoms with Crippen molar-refractivity contribution in [2.24, 2.45) is 5.92 Å². The second-order valence-corrected chi connectivity index (χ2v) is 11.0. The monoisotopic (exact) mass is 570 g/mol. The number of fused-ring (bicyclic) bond motifs is 1. The number of nitrogens with zero attached hydrogens (tertiary/aromatic N) is 7. The van der Waals surface area contributed by atoms with Crippen molar-refractivity contribution in [1.82, 2.24) is 39.3 Å². The van der Waals surface area contributed by atoms with Crippen LogP contribution in [0.3, 0.4) is 0 Å². The highest BCUT2D eigenvalue weighted by molar-refractivity contribution is 5.80. The molecule has 11 heteroatoms. The number of benzene rings is 2. The molecule has 0 saturated carbocycles. The number of aromatic amines is 1. The molecule has 11 nitrogen and oxygen atoms in total. The number of imidazole rings is 1. The van der Waals surface area contributed by atoms with Crippen LogP contribution in [-0.4, -0.2) is 53.0 Å². The van der Waals surface area contributed by atoms with Crippen LogP contribution in [0.4, 0.5) is 0 Å². The lowest BCUT2D eigenvalue weighted by atomic mass is 9.98. The van der Waals surface area contributed by atoms with Crippen LogP contribution in [0.15, 0.2) is 58.1 Å². The molecule has 2 aromatic carbocycles. The topological polar surface area (TPSA) is 126 Å². The lowest BCUT2D eigenvalue weighted by Crippen LogP contribution is -2.42. The molecule has 3 aromatic heterocycles. The van der Waals surface area contributed by atoms with E-state index in [1.54, 1.807) is 11.7 Å². The van der Waals surface area contributed by atoms with Crippen LogP contribution < -0.4 is 11.2 Å². The summed E-state index contributed by atoms with van der Waals surface area (Å²) in [7, 11) is 1.60. The number of aryl methyl sites for hydroxylation is 1. The number of methoxy groups -OCH3 is 1. The zero-order valence-corrected chi connectivity index (χ0v) is 24.7. The Hall–Kier alpha value is -4.38. The maximum atomic E-state index is 13.9. The molecule has 0 atom stereocenters. The van der Waals surface area contributed by atoms with Gasteiger partial charge >= 0.3 is 5.69 Å². The summed E-state index contributed by atoms with van der Waals surface area (Å²) in [6, 6.07) is 16.2. The third-order valence-electron chi connectivity index (χ3n) is 7.38. The Morgan fingerprint density at radius 3 is 2.38 bits per heavy atom. The molecule has 220 valence electrons. The van der Waals surface area contributed by atoms with Crippen LogP contribution in [0, 0.1) is 5.92 Å². The molecule has 0 aliphatic heterocycles. The predicted molar refractivity (Wildman–Crippen MR) is 162 cm³/mol. The summed E-state index contributed by atoms with van der Waals surface area (Å²) in [5.41, 5.74) is 4.19. The van der Waals surface area contributed by atoms with Gasteiger partial charge in [0, 0.05) is 32.2 Å². The van der Waals surface area contributed by atoms with E-state index in [-0.39, 0.29) is 17.2 Å². The van der Waals surface area contributed by atoms with Crippen molar-refractivity contribution in [2.45, 2.75) is 66.1 Å². The Labute approximate surface area is 244 Å². The van der Waals surface area contributed by atoms with Crippen molar-refractivity contribution >= 4 is 11.2 Å². The van der Waals surface area contributed by atoms with Gasteiger partial charge in [0.05, 0.1) is 13.2 Å². The van der Waals surface area contributed by atoms with E-state index < -0.39 is 0 Å². The van der Waals surface area contributed by atoms with Gasteiger partial charge in [-0.05, 0) is 34.2 Å². The second-order valence-electron chi connectivity index (χ2n) is 11.0. The Morgan fingerprint density at radius 1 is 0.952 bits per heavy atom. The van der Waals surface area contributed by atoms with Crippen LogP contribution >= 0.6 is 0 Å². The van der Waals surface area contributed by atoms with Crippen LogP contribution in [0.1, 0.15) is 51.4 Å². The van der Waals surface area contributed by atoms with Gasteiger partial charge in [0.2, 0.25) is 5.82 Å². The van der Waals surface area contributed by atoms with Gasteiger partial charge in [-0.15, -0.1) is 10.2 Å². The number of hydrogen-bond donors (Lipinski definition) is 1. The summed E-state index contributed by atoms with van der Waals surface area (Å²) in [5, 5.41) is 14.5. The summed E-state index contributed by atoms with van der Waals surface area (Å²) in [5.74, 6) is 1.48. The highest BCUT2D eigenvalue weighted by Gasteiger charge is 2.22. The molecular weight excluding hydrogens is 532 g/mol. The Bertz CT molecular complexity index is 1750. The number of H-pyrrole nitrogens is 1. The Morgan fingerprint density at radius 2 is 1.71 bits per heavy atom. The molecule has 5 aromatic rings. The van der Waals surface area contributed by atoms with Crippen LogP contribution in [-0.2, 0) is 30.8 Å². The first-order valence-electron chi connectivity index (χ1n) is 14.6. The summed E-state index contributed by atoms with van der Waals surface area (Å²) < 4.78 is 10.3. The summed E-state index contributed by atoms with van der Waals surface area (Å²) >= 11 is 0. The standard InChI is InChI=1S/C31H38N8O3/c1-5-6-7-12-26-32-29-27(30(40)39(19-21(2)3)31(41)37(29)17-18-42-4)38(26)20-22-13-15-23(16-14-22)24-10-8-9-11-25(24)28-33-35-36-34-28/h8-11,13-16,21H,5-7,12,17-20H2,1-4H3,(H,33,34,35,36). The number of aromatic nitrogens is 8. The van der Waals surface area contributed by atoms with Gasteiger partial charge < -0.3 is 9.30 Å². The minimum absolute atomic E-state index is 0.131. The average Bonchev–Trinajstić information content (AvgIpc) is 3.65. The van der Waals surface area contributed by atoms with Crippen LogP contribution in [0.2, 0.25) is 0 Å². The summed E-state index contributed by atoms with van der Waals surface area (Å²) in [6.45, 7) is 7.64. The van der Waals surface area contributed by atoms with Gasteiger partial charge in [-0.25, -0.2) is 9.78 Å². The maximum Gasteiger partial charge on any atom is 0.332 e. The zero-order chi connectivity index (χ0) is 29.6. The van der Waals surface area contributed by atoms with Gasteiger partial charge in [0.15, 0.2) is 11.2 Å². The number of rotatable bonds is 13. The molecule has 0 saturated heterocycles. The molecule has 0 spiro atoms. The highest BCUT2D eigenvalue weighted by Crippen LogP contribution is 2.30. The number of hydrogen-bond acceptors (Lipinski definition) is 7. The molecule has 3 heterocycles. The highest BCUT2D eigenvalue weighted by atomic mass is 16.5. The van der Waals surface area contributed by atoms with Gasteiger partial charge in [-0.2, -0.15) is 5.21 Å². The number of nitrogens with one attached hydrogen (secondary N) is 1. The average molecular weight is 571 g/mol. The SMILES string of the molecule is CCCCCc1nc2c(c(=O)n(CC(C)C)c(=O)n2CCOC)n1Cc1ccc(-c2ccccc2-c2nn[nH]n2)cc1. The lowest BCUT2D eigenvalue weighted by Gasteiger charge is -2.14. The van der Waals surface area contributed by atoms with E-state index >= 15 is 0 Å². The molecule has 0 bridgehead atoms. The van der Waals surface area contributed by atoms with Crippen LogP contribution in [0.5, 0.6) is 0 Å². The number of unbranched alkanes of at least 4 members (excludes halogenated alkanes) is 2. The van der Waals surface area contributed by atoms with E-state index in [0.717, 1.165) is 53.8 Å². The van der Waals surface area contributed by atoms with E-state index in [0.29, 0.717) is 43.2 Å². The fraction of sp³-hybridized carbons (Fsp3) is 0.419. The first-order chi connectivity index (χ1) is 20.4. The molecule has 5 rings (SSSR count). The van der Waals surface area contributed by atoms with Crippen molar-refractivity contribution in [3.63, 3.8) is 0 Å². The van der Waals surface area contributed by atoms with Crippen molar-refractivity contribution in [1.29, 1.82) is 0 Å². The Kier molecular flexibility index (Phi) is 9.06. The molecule has 42 heavy (non-hydrogen) atoms. The first-order valence-corrected chi connectivity index (χ1v) is 14.6. The summed E-state index contributed by atoms with van der Waals surface area (Å²) in [4.78, 5) is 32.3. The number of ether oxygens (including phenoxy) is 1. The van der Waals surface area contributed by atoms with Gasteiger partial charge in [-0.1, -0.05) is 82.1 Å². The first kappa shape index (κ1) is 29.1. The van der Waals surface area contributed by atoms with E-state index in [4.69, 9.17) is 9.72 Å². The van der Waals surface area contributed by atoms with Crippen molar-refractivity contribution in [3.8, 4) is 22.5 Å². The molecule has 0 aliphatic rings. The second kappa shape index (κ2) is 13.1. The molecule has 0 radical (unpaired) electrons. The van der Waals surface area contributed by atoms with Gasteiger partial charge in [-0.3, -0.25) is 13.9 Å². The third kappa shape index (κ3) is 5.96. The quantitative estimate of drug-likeness (QED) is 0.209. The van der Waals surface area contributed by atoms with E-state index in [1.807, 2.05) is 42.7 Å². The summed E-state index contributed by atoms with van der Waals surface area (Å²) in [6.07, 6.45) is 3.81. The van der Waals surface area contributed by atoms with E-state index in [1.165, 1.54) is 4.57 Å². The predicted octanol–water partition coefficient (Wildman–Crippen LogP) is 4.29. The third-order valence-corrected chi connectivity index (χ3v) is 7.38. The molecular formula is C31H38N8O3. The van der Waals surface area contributed by atoms with E-state index in [9.17, 15) is 9.59 Å². The van der Waals surface area contributed by atoms with Crippen molar-refractivity contribution in [3.05, 3.63) is 80.8 Å². The Balaban J connectivity index is 1.59. The van der Waals surface area contributed by atoms with Crippen LogP contribution in [0.25, 0.3) is 33.7 Å². The maximum absolute atomic E-state index is 13.9. The normalized spacial score (nSPS) is 11.6. The fourth-order valence-electron chi connectivity index (χ4n) is 5.32. The molecule has 0 fully saturated rings. The van der Waals surface area contributed by atoms with Crippen molar-refractivity contribution < 1.29 is 4.74 Å². The van der Waals surface area contributed by atoms with Gasteiger partial charge in [0.1, 0.15) is 5.82 Å². The lowest BCUT2D eigenvalue weighted by molar-refractivity contribution is 0.186. The molecule has 1 N–H and O–H groups in total. The molecule has 0 unspecified atom stereocenters. The van der Waals surface area contributed by atoms with Gasteiger partial charge in [0.25, 0.3) is 5.56 Å². The molecule has 0 aliphatic carbocycles. The zero-order valence-electron chi connectivity index (χ0n) is 24.7. The number of tetrazole rings is 1.